The number of rotatable bonds is 3. The predicted octanol–water partition coefficient (Wildman–Crippen LogP) is 2.94. The number of halogens is 1. The summed E-state index contributed by atoms with van der Waals surface area (Å²) in [4.78, 5) is 17.4. The molecule has 1 heterocycles. The fourth-order valence-corrected chi connectivity index (χ4v) is 2.27. The summed E-state index contributed by atoms with van der Waals surface area (Å²) in [6, 6.07) is 13.0. The van der Waals surface area contributed by atoms with Crippen LogP contribution in [0.2, 0.25) is 0 Å². The molecule has 2 aromatic rings. The zero-order valence-corrected chi connectivity index (χ0v) is 12.1. The average molecular weight is 308 g/mol. The van der Waals surface area contributed by atoms with E-state index in [9.17, 15) is 9.18 Å². The Morgan fingerprint density at radius 1 is 1.30 bits per heavy atom. The molecule has 23 heavy (non-hydrogen) atoms. The maximum Gasteiger partial charge on any atom is 0.268 e. The Balaban J connectivity index is 1.66. The highest BCUT2D eigenvalue weighted by Crippen LogP contribution is 2.19. The molecule has 1 aliphatic rings. The van der Waals surface area contributed by atoms with Crippen LogP contribution in [0.1, 0.15) is 17.5 Å². The molecular formula is C18H13FN2O2. The van der Waals surface area contributed by atoms with Gasteiger partial charge in [-0.25, -0.2) is 4.39 Å². The lowest BCUT2D eigenvalue weighted by Crippen LogP contribution is -2.28. The summed E-state index contributed by atoms with van der Waals surface area (Å²) >= 11 is 0. The van der Waals surface area contributed by atoms with Crippen molar-refractivity contribution < 1.29 is 14.0 Å². The van der Waals surface area contributed by atoms with Crippen LogP contribution in [0.3, 0.4) is 0 Å². The van der Waals surface area contributed by atoms with Gasteiger partial charge >= 0.3 is 0 Å². The molecule has 3 rings (SSSR count). The number of nitrogens with zero attached hydrogens (tertiary/aromatic N) is 1. The van der Waals surface area contributed by atoms with Crippen molar-refractivity contribution in [2.45, 2.75) is 12.5 Å². The molecule has 1 unspecified atom stereocenters. The molecule has 1 N–H and O–H groups in total. The van der Waals surface area contributed by atoms with Crippen molar-refractivity contribution in [3.8, 4) is 12.3 Å². The lowest BCUT2D eigenvalue weighted by molar-refractivity contribution is -0.125. The molecule has 114 valence electrons. The highest BCUT2D eigenvalue weighted by atomic mass is 19.1. The second kappa shape index (κ2) is 6.32. The zero-order chi connectivity index (χ0) is 16.2. The van der Waals surface area contributed by atoms with E-state index in [-0.39, 0.29) is 18.1 Å². The summed E-state index contributed by atoms with van der Waals surface area (Å²) in [5.41, 5.74) is 2.41. The van der Waals surface area contributed by atoms with Gasteiger partial charge in [-0.15, -0.1) is 6.42 Å². The van der Waals surface area contributed by atoms with Crippen molar-refractivity contribution in [1.82, 2.24) is 0 Å². The van der Waals surface area contributed by atoms with Gasteiger partial charge in [0, 0.05) is 23.2 Å². The number of anilines is 1. The molecule has 5 heteroatoms. The summed E-state index contributed by atoms with van der Waals surface area (Å²) in [6.07, 6.45) is 4.86. The van der Waals surface area contributed by atoms with Crippen molar-refractivity contribution in [1.29, 1.82) is 0 Å². The quantitative estimate of drug-likeness (QED) is 0.886. The van der Waals surface area contributed by atoms with Crippen molar-refractivity contribution in [3.63, 3.8) is 0 Å². The molecule has 1 amide bonds. The first-order valence-electron chi connectivity index (χ1n) is 7.02. The summed E-state index contributed by atoms with van der Waals surface area (Å²) in [5, 5.41) is 6.62. The second-order valence-electron chi connectivity index (χ2n) is 5.06. The van der Waals surface area contributed by atoms with Crippen molar-refractivity contribution in [2.24, 2.45) is 5.16 Å². The standard InChI is InChI=1S/C18H13FN2O2/c1-2-12-5-3-8-15(9-12)20-18(22)17-11-16(21-23-17)13-6-4-7-14(19)10-13/h1,3-10,17H,11H2,(H,20,22). The molecule has 0 saturated carbocycles. The maximum atomic E-state index is 13.2. The Labute approximate surface area is 133 Å². The molecule has 0 bridgehead atoms. The number of benzene rings is 2. The van der Waals surface area contributed by atoms with E-state index in [2.05, 4.69) is 16.4 Å². The van der Waals surface area contributed by atoms with Crippen molar-refractivity contribution >= 4 is 17.3 Å². The number of carbonyl (C=O) groups is 1. The van der Waals surface area contributed by atoms with Gasteiger partial charge in [0.2, 0.25) is 6.10 Å². The van der Waals surface area contributed by atoms with E-state index in [4.69, 9.17) is 11.3 Å². The number of oxime groups is 1. The van der Waals surface area contributed by atoms with Crippen molar-refractivity contribution in [2.75, 3.05) is 5.32 Å². The predicted molar refractivity (Wildman–Crippen MR) is 85.4 cm³/mol. The van der Waals surface area contributed by atoms with E-state index in [0.29, 0.717) is 22.5 Å². The van der Waals surface area contributed by atoms with E-state index < -0.39 is 6.10 Å². The van der Waals surface area contributed by atoms with Gasteiger partial charge in [-0.2, -0.15) is 0 Å². The lowest BCUT2D eigenvalue weighted by atomic mass is 10.0. The van der Waals surface area contributed by atoms with Gasteiger partial charge in [0.05, 0.1) is 5.71 Å². The molecule has 0 aromatic heterocycles. The van der Waals surface area contributed by atoms with Gasteiger partial charge in [-0.3, -0.25) is 4.79 Å². The second-order valence-corrected chi connectivity index (χ2v) is 5.06. The molecule has 4 nitrogen and oxygen atoms in total. The number of carbonyl (C=O) groups excluding carboxylic acids is 1. The maximum absolute atomic E-state index is 13.2. The Hall–Kier alpha value is -3.13. The lowest BCUT2D eigenvalue weighted by Gasteiger charge is -2.09. The number of nitrogens with one attached hydrogen (secondary N) is 1. The molecule has 0 aliphatic carbocycles. The van der Waals surface area contributed by atoms with Crippen LogP contribution < -0.4 is 5.32 Å². The van der Waals surface area contributed by atoms with Crippen molar-refractivity contribution in [3.05, 3.63) is 65.5 Å². The van der Waals surface area contributed by atoms with E-state index in [1.54, 1.807) is 36.4 Å². The van der Waals surface area contributed by atoms with Crippen LogP contribution in [0.4, 0.5) is 10.1 Å². The highest BCUT2D eigenvalue weighted by Gasteiger charge is 2.29. The first kappa shape index (κ1) is 14.8. The number of hydrogen-bond acceptors (Lipinski definition) is 3. The van der Waals surface area contributed by atoms with Gasteiger partial charge in [0.15, 0.2) is 0 Å². The monoisotopic (exact) mass is 308 g/mol. The summed E-state index contributed by atoms with van der Waals surface area (Å²) in [5.74, 6) is 1.82. The van der Waals surface area contributed by atoms with Gasteiger partial charge in [0.25, 0.3) is 5.91 Å². The third-order valence-electron chi connectivity index (χ3n) is 3.42. The molecular weight excluding hydrogens is 295 g/mol. The first-order chi connectivity index (χ1) is 11.2. The Bertz CT molecular complexity index is 824. The minimum Gasteiger partial charge on any atom is -0.382 e. The van der Waals surface area contributed by atoms with E-state index in [0.717, 1.165) is 0 Å². The third kappa shape index (κ3) is 3.38. The molecule has 1 aliphatic heterocycles. The minimum atomic E-state index is -0.747. The molecule has 0 fully saturated rings. The van der Waals surface area contributed by atoms with E-state index in [1.807, 2.05) is 0 Å². The number of hydrogen-bond donors (Lipinski definition) is 1. The smallest absolute Gasteiger partial charge is 0.268 e. The average Bonchev–Trinajstić information content (AvgIpc) is 3.05. The molecule has 0 saturated heterocycles. The number of terminal acetylenes is 1. The fraction of sp³-hybridized carbons (Fsp3) is 0.111. The Morgan fingerprint density at radius 2 is 2.13 bits per heavy atom. The summed E-state index contributed by atoms with van der Waals surface area (Å²) in [6.45, 7) is 0. The van der Waals surface area contributed by atoms with Gasteiger partial charge in [-0.05, 0) is 30.3 Å². The zero-order valence-electron chi connectivity index (χ0n) is 12.1. The largest absolute Gasteiger partial charge is 0.382 e. The minimum absolute atomic E-state index is 0.282. The van der Waals surface area contributed by atoms with Crippen LogP contribution >= 0.6 is 0 Å². The summed E-state index contributed by atoms with van der Waals surface area (Å²) < 4.78 is 13.2. The van der Waals surface area contributed by atoms with E-state index >= 15 is 0 Å². The normalized spacial score (nSPS) is 16.2. The van der Waals surface area contributed by atoms with Crippen LogP contribution in [0.5, 0.6) is 0 Å². The van der Waals surface area contributed by atoms with Crippen LogP contribution in [0.15, 0.2) is 53.7 Å². The molecule has 2 aromatic carbocycles. The first-order valence-corrected chi connectivity index (χ1v) is 7.02. The van der Waals surface area contributed by atoms with E-state index in [1.165, 1.54) is 12.1 Å². The van der Waals surface area contributed by atoms with Gasteiger partial charge in [0.1, 0.15) is 5.82 Å². The van der Waals surface area contributed by atoms with Gasteiger partial charge < -0.3 is 10.2 Å². The molecule has 0 radical (unpaired) electrons. The fourth-order valence-electron chi connectivity index (χ4n) is 2.27. The molecule has 1 atom stereocenters. The Kier molecular flexibility index (Phi) is 4.07. The highest BCUT2D eigenvalue weighted by molar-refractivity contribution is 6.06. The number of amides is 1. The third-order valence-corrected chi connectivity index (χ3v) is 3.42. The Morgan fingerprint density at radius 3 is 2.91 bits per heavy atom. The topological polar surface area (TPSA) is 50.7 Å². The molecule has 0 spiro atoms. The van der Waals surface area contributed by atoms with Crippen LogP contribution in [-0.4, -0.2) is 17.7 Å². The van der Waals surface area contributed by atoms with Gasteiger partial charge in [-0.1, -0.05) is 29.3 Å². The van der Waals surface area contributed by atoms with Crippen LogP contribution in [-0.2, 0) is 9.63 Å². The van der Waals surface area contributed by atoms with Crippen LogP contribution in [0, 0.1) is 18.2 Å². The SMILES string of the molecule is C#Cc1cccc(NC(=O)C2CC(c3cccc(F)c3)=NO2)c1. The summed E-state index contributed by atoms with van der Waals surface area (Å²) in [7, 11) is 0. The van der Waals surface area contributed by atoms with Crippen LogP contribution in [0.25, 0.3) is 0 Å².